The molecule has 0 saturated heterocycles. The number of nitrogens with zero attached hydrogens (tertiary/aromatic N) is 1. The molecule has 2 aromatic heterocycles. The first-order valence-electron chi connectivity index (χ1n) is 9.52. The van der Waals surface area contributed by atoms with E-state index in [9.17, 15) is 0 Å². The van der Waals surface area contributed by atoms with E-state index in [0.717, 1.165) is 25.7 Å². The Bertz CT molecular complexity index is 883. The first-order chi connectivity index (χ1) is 12.5. The van der Waals surface area contributed by atoms with E-state index in [-0.39, 0.29) is 11.0 Å². The smallest absolute Gasteiger partial charge is 0.0549 e. The highest BCUT2D eigenvalue weighted by atomic mass is 32.1. The molecule has 1 aliphatic rings. The molecule has 4 heteroatoms. The number of hydrogen-bond donors (Lipinski definition) is 2. The second-order valence-corrected chi connectivity index (χ2v) is 9.01. The largest absolute Gasteiger partial charge is 0.358 e. The van der Waals surface area contributed by atoms with Crippen molar-refractivity contribution >= 4 is 22.2 Å². The number of thiophene rings is 1. The molecule has 138 valence electrons. The molecule has 2 heterocycles. The van der Waals surface area contributed by atoms with Crippen LogP contribution in [-0.4, -0.2) is 30.5 Å². The summed E-state index contributed by atoms with van der Waals surface area (Å²) >= 11 is 1.89. The van der Waals surface area contributed by atoms with Crippen molar-refractivity contribution in [2.45, 2.75) is 43.6 Å². The Morgan fingerprint density at radius 2 is 1.81 bits per heavy atom. The molecule has 0 spiro atoms. The maximum absolute atomic E-state index is 6.41. The van der Waals surface area contributed by atoms with Gasteiger partial charge >= 0.3 is 0 Å². The molecule has 0 unspecified atom stereocenters. The van der Waals surface area contributed by atoms with Crippen LogP contribution in [0.4, 0.5) is 0 Å². The van der Waals surface area contributed by atoms with E-state index >= 15 is 0 Å². The summed E-state index contributed by atoms with van der Waals surface area (Å²) in [7, 11) is 4.45. The maximum atomic E-state index is 6.41. The number of para-hydroxylation sites is 1. The number of rotatable bonds is 4. The van der Waals surface area contributed by atoms with Crippen LogP contribution in [0.15, 0.2) is 41.8 Å². The lowest BCUT2D eigenvalue weighted by molar-refractivity contribution is 0.0688. The first kappa shape index (κ1) is 17.8. The lowest BCUT2D eigenvalue weighted by Crippen LogP contribution is -2.50. The number of hydrogen-bond acceptors (Lipinski definition) is 3. The molecule has 0 amide bonds. The van der Waals surface area contributed by atoms with Crippen LogP contribution in [0.3, 0.4) is 0 Å². The van der Waals surface area contributed by atoms with Crippen molar-refractivity contribution in [1.82, 2.24) is 9.88 Å². The number of aromatic nitrogens is 1. The number of H-pyrrole nitrogens is 1. The molecule has 1 fully saturated rings. The van der Waals surface area contributed by atoms with Crippen LogP contribution in [0.1, 0.15) is 41.8 Å². The fourth-order valence-corrected chi connectivity index (χ4v) is 6.04. The molecule has 0 radical (unpaired) electrons. The number of aromatic amines is 1. The number of nitrogens with one attached hydrogen (secondary N) is 1. The Hall–Kier alpha value is -1.62. The lowest BCUT2D eigenvalue weighted by Gasteiger charge is -2.49. The number of aryl methyl sites for hydroxylation is 1. The molecule has 1 aliphatic carbocycles. The molecule has 1 saturated carbocycles. The van der Waals surface area contributed by atoms with Crippen LogP contribution < -0.4 is 5.73 Å². The second-order valence-electron chi connectivity index (χ2n) is 8.06. The van der Waals surface area contributed by atoms with Crippen LogP contribution in [0.2, 0.25) is 0 Å². The van der Waals surface area contributed by atoms with E-state index in [1.165, 1.54) is 27.0 Å². The summed E-state index contributed by atoms with van der Waals surface area (Å²) in [5, 5.41) is 3.53. The van der Waals surface area contributed by atoms with Crippen molar-refractivity contribution in [3.63, 3.8) is 0 Å². The molecule has 3 N–H and O–H groups in total. The molecular formula is C22H29N3S. The minimum absolute atomic E-state index is 0.0554. The average Bonchev–Trinajstić information content (AvgIpc) is 3.31. The Kier molecular flexibility index (Phi) is 4.46. The van der Waals surface area contributed by atoms with Crippen LogP contribution in [0.5, 0.6) is 0 Å². The number of nitrogens with two attached hydrogens (primary N) is 1. The van der Waals surface area contributed by atoms with Crippen molar-refractivity contribution in [3.8, 4) is 0 Å². The van der Waals surface area contributed by atoms with Gasteiger partial charge in [-0.2, -0.15) is 0 Å². The third-order valence-corrected chi connectivity index (χ3v) is 7.82. The van der Waals surface area contributed by atoms with E-state index in [0.29, 0.717) is 6.54 Å². The molecular weight excluding hydrogens is 338 g/mol. The zero-order chi connectivity index (χ0) is 18.4. The van der Waals surface area contributed by atoms with Crippen LogP contribution in [-0.2, 0) is 11.0 Å². The Labute approximate surface area is 160 Å². The van der Waals surface area contributed by atoms with Gasteiger partial charge in [-0.25, -0.2) is 0 Å². The van der Waals surface area contributed by atoms with Crippen LogP contribution in [0, 0.1) is 6.92 Å². The van der Waals surface area contributed by atoms with Gasteiger partial charge in [0.1, 0.15) is 0 Å². The van der Waals surface area contributed by atoms with Gasteiger partial charge in [-0.05, 0) is 69.8 Å². The van der Waals surface area contributed by atoms with Crippen molar-refractivity contribution in [1.29, 1.82) is 0 Å². The highest BCUT2D eigenvalue weighted by Crippen LogP contribution is 2.50. The fraction of sp³-hybridized carbons (Fsp3) is 0.455. The van der Waals surface area contributed by atoms with Gasteiger partial charge in [0.25, 0.3) is 0 Å². The van der Waals surface area contributed by atoms with Crippen LogP contribution in [0.25, 0.3) is 10.9 Å². The maximum Gasteiger partial charge on any atom is 0.0549 e. The average molecular weight is 368 g/mol. The molecule has 3 aromatic rings. The summed E-state index contributed by atoms with van der Waals surface area (Å²) in [5.74, 6) is 0. The van der Waals surface area contributed by atoms with Gasteiger partial charge in [0.15, 0.2) is 0 Å². The molecule has 26 heavy (non-hydrogen) atoms. The first-order valence-corrected chi connectivity index (χ1v) is 10.4. The van der Waals surface area contributed by atoms with Crippen molar-refractivity contribution in [3.05, 3.63) is 57.9 Å². The molecule has 4 rings (SSSR count). The lowest BCUT2D eigenvalue weighted by atomic mass is 9.64. The highest BCUT2D eigenvalue weighted by molar-refractivity contribution is 7.10. The van der Waals surface area contributed by atoms with E-state index in [2.05, 4.69) is 72.7 Å². The molecule has 3 nitrogen and oxygen atoms in total. The number of benzene rings is 1. The summed E-state index contributed by atoms with van der Waals surface area (Å²) in [6.07, 6.45) is 4.53. The van der Waals surface area contributed by atoms with Gasteiger partial charge in [0.2, 0.25) is 0 Å². The third-order valence-electron chi connectivity index (χ3n) is 6.76. The minimum Gasteiger partial charge on any atom is -0.358 e. The normalized spacial score (nSPS) is 26.7. The Balaban J connectivity index is 1.72. The van der Waals surface area contributed by atoms with Crippen molar-refractivity contribution in [2.75, 3.05) is 20.6 Å². The summed E-state index contributed by atoms with van der Waals surface area (Å²) in [4.78, 5) is 7.64. The monoisotopic (exact) mass is 367 g/mol. The Morgan fingerprint density at radius 1 is 1.08 bits per heavy atom. The minimum atomic E-state index is 0.0554. The van der Waals surface area contributed by atoms with E-state index in [4.69, 9.17) is 5.73 Å². The van der Waals surface area contributed by atoms with Crippen molar-refractivity contribution < 1.29 is 0 Å². The van der Waals surface area contributed by atoms with Gasteiger partial charge in [-0.15, -0.1) is 11.3 Å². The van der Waals surface area contributed by atoms with Gasteiger partial charge in [-0.1, -0.05) is 24.3 Å². The summed E-state index contributed by atoms with van der Waals surface area (Å²) < 4.78 is 0. The second kappa shape index (κ2) is 6.52. The third kappa shape index (κ3) is 2.55. The van der Waals surface area contributed by atoms with E-state index < -0.39 is 0 Å². The topological polar surface area (TPSA) is 45.0 Å². The SMILES string of the molecule is Cc1c(C2(CN)CCC(c3cccs3)(N(C)C)CC2)[nH]c2ccccc12. The standard InChI is InChI=1S/C22H29N3S/c1-16-17-7-4-5-8-18(17)24-20(16)21(15-23)10-12-22(13-11-21,25(2)3)19-9-6-14-26-19/h4-9,14,24H,10-13,15,23H2,1-3H3. The van der Waals surface area contributed by atoms with Crippen molar-refractivity contribution in [2.24, 2.45) is 5.73 Å². The van der Waals surface area contributed by atoms with Gasteiger partial charge < -0.3 is 10.7 Å². The van der Waals surface area contributed by atoms with Gasteiger partial charge in [-0.3, -0.25) is 4.90 Å². The predicted octanol–water partition coefficient (Wildman–Crippen LogP) is 4.77. The molecule has 1 aromatic carbocycles. The van der Waals surface area contributed by atoms with Crippen LogP contribution >= 0.6 is 11.3 Å². The zero-order valence-electron chi connectivity index (χ0n) is 16.0. The highest BCUT2D eigenvalue weighted by Gasteiger charge is 2.46. The Morgan fingerprint density at radius 3 is 2.38 bits per heavy atom. The molecule has 0 atom stereocenters. The fourth-order valence-electron chi connectivity index (χ4n) is 4.97. The van der Waals surface area contributed by atoms with E-state index in [1.54, 1.807) is 0 Å². The summed E-state index contributed by atoms with van der Waals surface area (Å²) in [6.45, 7) is 2.95. The number of fused-ring (bicyclic) bond motifs is 1. The quantitative estimate of drug-likeness (QED) is 0.698. The summed E-state index contributed by atoms with van der Waals surface area (Å²) in [5.41, 5.74) is 10.6. The predicted molar refractivity (Wildman–Crippen MR) is 112 cm³/mol. The van der Waals surface area contributed by atoms with Gasteiger partial charge in [0.05, 0.1) is 5.54 Å². The zero-order valence-corrected chi connectivity index (χ0v) is 16.8. The molecule has 0 bridgehead atoms. The van der Waals surface area contributed by atoms with E-state index in [1.807, 2.05) is 11.3 Å². The van der Waals surface area contributed by atoms with Gasteiger partial charge in [0, 0.05) is 33.4 Å². The summed E-state index contributed by atoms with van der Waals surface area (Å²) in [6, 6.07) is 13.1. The molecule has 0 aliphatic heterocycles.